The number of carbonyl (C=O) groups excluding carboxylic acids is 1. The maximum atomic E-state index is 11.5. The first kappa shape index (κ1) is 16.4. The molecule has 0 saturated carbocycles. The van der Waals surface area contributed by atoms with Crippen molar-refractivity contribution in [1.29, 1.82) is 0 Å². The lowest BCUT2D eigenvalue weighted by molar-refractivity contribution is -0.144. The predicted octanol–water partition coefficient (Wildman–Crippen LogP) is 2.32. The Labute approximate surface area is 120 Å². The van der Waals surface area contributed by atoms with Crippen LogP contribution in [0.15, 0.2) is 42.5 Å². The van der Waals surface area contributed by atoms with Crippen molar-refractivity contribution < 1.29 is 19.4 Å². The van der Waals surface area contributed by atoms with Crippen molar-refractivity contribution in [3.63, 3.8) is 0 Å². The third-order valence-corrected chi connectivity index (χ3v) is 2.69. The normalized spacial score (nSPS) is 12.5. The van der Waals surface area contributed by atoms with E-state index in [4.69, 9.17) is 14.6 Å². The van der Waals surface area contributed by atoms with E-state index in [1.54, 1.807) is 19.1 Å². The highest BCUT2D eigenvalue weighted by Crippen LogP contribution is 2.10. The van der Waals surface area contributed by atoms with Crippen LogP contribution in [0.1, 0.15) is 18.9 Å². The topological polar surface area (TPSA) is 55.8 Å². The lowest BCUT2D eigenvalue weighted by Gasteiger charge is -2.12. The molecule has 4 heteroatoms. The van der Waals surface area contributed by atoms with Crippen molar-refractivity contribution in [3.8, 4) is 0 Å². The molecule has 1 atom stereocenters. The molecule has 110 valence electrons. The molecule has 0 aromatic heterocycles. The number of hydrogen-bond donors (Lipinski definition) is 1. The van der Waals surface area contributed by atoms with Crippen LogP contribution in [-0.2, 0) is 20.9 Å². The number of aliphatic hydroxyl groups is 1. The number of hydrogen-bond acceptors (Lipinski definition) is 4. The van der Waals surface area contributed by atoms with Gasteiger partial charge in [0, 0.05) is 5.92 Å². The summed E-state index contributed by atoms with van der Waals surface area (Å²) in [6.07, 6.45) is 3.68. The Morgan fingerprint density at radius 2 is 2.10 bits per heavy atom. The van der Waals surface area contributed by atoms with E-state index in [2.05, 4.69) is 0 Å². The highest BCUT2D eigenvalue weighted by molar-refractivity contribution is 5.69. The molecule has 0 spiro atoms. The van der Waals surface area contributed by atoms with Crippen LogP contribution in [0, 0.1) is 5.92 Å². The summed E-state index contributed by atoms with van der Waals surface area (Å²) in [6.45, 7) is 3.04. The highest BCUT2D eigenvalue weighted by Gasteiger charge is 2.12. The number of esters is 1. The Balaban J connectivity index is 2.40. The number of carbonyl (C=O) groups is 1. The second-order valence-electron chi connectivity index (χ2n) is 4.38. The van der Waals surface area contributed by atoms with Crippen LogP contribution in [-0.4, -0.2) is 30.9 Å². The van der Waals surface area contributed by atoms with E-state index in [0.717, 1.165) is 5.56 Å². The minimum atomic E-state index is -0.247. The molecular formula is C16H22O4. The molecule has 4 nitrogen and oxygen atoms in total. The quantitative estimate of drug-likeness (QED) is 0.556. The zero-order valence-electron chi connectivity index (χ0n) is 11.8. The third kappa shape index (κ3) is 7.07. The number of ether oxygens (including phenoxy) is 2. The maximum Gasteiger partial charge on any atom is 0.306 e. The Bertz CT molecular complexity index is 400. The molecule has 1 N–H and O–H groups in total. The van der Waals surface area contributed by atoms with Gasteiger partial charge in [0.05, 0.1) is 32.8 Å². The monoisotopic (exact) mass is 278 g/mol. The van der Waals surface area contributed by atoms with Crippen molar-refractivity contribution in [2.45, 2.75) is 20.0 Å². The molecule has 0 radical (unpaired) electrons. The van der Waals surface area contributed by atoms with E-state index < -0.39 is 0 Å². The Morgan fingerprint density at radius 1 is 1.35 bits per heavy atom. The van der Waals surface area contributed by atoms with Gasteiger partial charge in [-0.25, -0.2) is 0 Å². The molecule has 1 aromatic rings. The number of benzene rings is 1. The van der Waals surface area contributed by atoms with E-state index in [-0.39, 0.29) is 24.9 Å². The molecule has 0 saturated heterocycles. The molecule has 0 aliphatic rings. The standard InChI is InChI=1S/C16H22O4/c1-2-20-16(18)11-15(9-6-10-17)13-19-12-14-7-4-3-5-8-14/h3-9,15,17H,2,10-13H2,1H3/b9-6+/t15-/m1/s1. The number of rotatable bonds is 9. The average molecular weight is 278 g/mol. The first-order valence-electron chi connectivity index (χ1n) is 6.81. The summed E-state index contributed by atoms with van der Waals surface area (Å²) in [5, 5.41) is 8.81. The van der Waals surface area contributed by atoms with Crippen molar-refractivity contribution in [2.75, 3.05) is 19.8 Å². The van der Waals surface area contributed by atoms with E-state index in [1.165, 1.54) is 0 Å². The van der Waals surface area contributed by atoms with Crippen LogP contribution in [0.3, 0.4) is 0 Å². The van der Waals surface area contributed by atoms with Crippen molar-refractivity contribution in [1.82, 2.24) is 0 Å². The van der Waals surface area contributed by atoms with E-state index in [0.29, 0.717) is 19.8 Å². The molecule has 0 aliphatic heterocycles. The van der Waals surface area contributed by atoms with Gasteiger partial charge < -0.3 is 14.6 Å². The predicted molar refractivity (Wildman–Crippen MR) is 77.1 cm³/mol. The molecule has 1 rings (SSSR count). The molecule has 0 aliphatic carbocycles. The summed E-state index contributed by atoms with van der Waals surface area (Å²) < 4.78 is 10.5. The molecule has 0 bridgehead atoms. The first-order valence-corrected chi connectivity index (χ1v) is 6.81. The first-order chi connectivity index (χ1) is 9.76. The van der Waals surface area contributed by atoms with Crippen LogP contribution in [0.25, 0.3) is 0 Å². The van der Waals surface area contributed by atoms with E-state index in [1.807, 2.05) is 30.3 Å². The fourth-order valence-corrected chi connectivity index (χ4v) is 1.77. The van der Waals surface area contributed by atoms with Crippen LogP contribution in [0.4, 0.5) is 0 Å². The van der Waals surface area contributed by atoms with Gasteiger partial charge in [-0.3, -0.25) is 4.79 Å². The highest BCUT2D eigenvalue weighted by atomic mass is 16.5. The van der Waals surface area contributed by atoms with Gasteiger partial charge in [0.25, 0.3) is 0 Å². The van der Waals surface area contributed by atoms with Crippen LogP contribution in [0.5, 0.6) is 0 Å². The van der Waals surface area contributed by atoms with Gasteiger partial charge in [-0.1, -0.05) is 42.5 Å². The SMILES string of the molecule is CCOC(=O)C[C@@H](/C=C/CO)COCc1ccccc1. The van der Waals surface area contributed by atoms with Crippen LogP contribution >= 0.6 is 0 Å². The lowest BCUT2D eigenvalue weighted by Crippen LogP contribution is -2.15. The van der Waals surface area contributed by atoms with Crippen LogP contribution < -0.4 is 0 Å². The smallest absolute Gasteiger partial charge is 0.306 e. The fourth-order valence-electron chi connectivity index (χ4n) is 1.77. The van der Waals surface area contributed by atoms with Crippen molar-refractivity contribution in [2.24, 2.45) is 5.92 Å². The summed E-state index contributed by atoms with van der Waals surface area (Å²) in [5.74, 6) is -0.326. The summed E-state index contributed by atoms with van der Waals surface area (Å²) in [6, 6.07) is 9.85. The zero-order valence-corrected chi connectivity index (χ0v) is 11.8. The van der Waals surface area contributed by atoms with Gasteiger partial charge in [-0.2, -0.15) is 0 Å². The molecule has 0 heterocycles. The minimum Gasteiger partial charge on any atom is -0.466 e. The summed E-state index contributed by atoms with van der Waals surface area (Å²) in [4.78, 5) is 11.5. The zero-order chi connectivity index (χ0) is 14.6. The van der Waals surface area contributed by atoms with Gasteiger partial charge in [0.1, 0.15) is 0 Å². The van der Waals surface area contributed by atoms with Gasteiger partial charge in [0.2, 0.25) is 0 Å². The largest absolute Gasteiger partial charge is 0.466 e. The molecule has 0 amide bonds. The Hall–Kier alpha value is -1.65. The summed E-state index contributed by atoms with van der Waals surface area (Å²) in [7, 11) is 0. The summed E-state index contributed by atoms with van der Waals surface area (Å²) >= 11 is 0. The van der Waals surface area contributed by atoms with E-state index in [9.17, 15) is 4.79 Å². The molecule has 0 fully saturated rings. The Kier molecular flexibility index (Phi) is 8.35. The molecule has 1 aromatic carbocycles. The minimum absolute atomic E-state index is 0.0436. The molecular weight excluding hydrogens is 256 g/mol. The lowest BCUT2D eigenvalue weighted by atomic mass is 10.1. The fraction of sp³-hybridized carbons (Fsp3) is 0.438. The van der Waals surface area contributed by atoms with E-state index >= 15 is 0 Å². The van der Waals surface area contributed by atoms with Gasteiger partial charge >= 0.3 is 5.97 Å². The molecule has 20 heavy (non-hydrogen) atoms. The van der Waals surface area contributed by atoms with Gasteiger partial charge in [0.15, 0.2) is 0 Å². The third-order valence-electron chi connectivity index (χ3n) is 2.69. The maximum absolute atomic E-state index is 11.5. The molecule has 0 unspecified atom stereocenters. The van der Waals surface area contributed by atoms with Crippen molar-refractivity contribution >= 4 is 5.97 Å². The second-order valence-corrected chi connectivity index (χ2v) is 4.38. The summed E-state index contributed by atoms with van der Waals surface area (Å²) in [5.41, 5.74) is 1.09. The Morgan fingerprint density at radius 3 is 2.75 bits per heavy atom. The van der Waals surface area contributed by atoms with Gasteiger partial charge in [-0.15, -0.1) is 0 Å². The second kappa shape index (κ2) is 10.2. The van der Waals surface area contributed by atoms with Crippen LogP contribution in [0.2, 0.25) is 0 Å². The number of aliphatic hydroxyl groups excluding tert-OH is 1. The average Bonchev–Trinajstić information content (AvgIpc) is 2.46. The van der Waals surface area contributed by atoms with Crippen molar-refractivity contribution in [3.05, 3.63) is 48.0 Å². The van der Waals surface area contributed by atoms with Gasteiger partial charge in [-0.05, 0) is 12.5 Å².